The lowest BCUT2D eigenvalue weighted by molar-refractivity contribution is -0.117. The van der Waals surface area contributed by atoms with Crippen LogP contribution in [-0.4, -0.2) is 76.1 Å². The van der Waals surface area contributed by atoms with Gasteiger partial charge in [0, 0.05) is 32.7 Å². The fourth-order valence-corrected chi connectivity index (χ4v) is 4.01. The van der Waals surface area contributed by atoms with E-state index in [0.29, 0.717) is 5.69 Å². The number of ether oxygens (including phenoxy) is 2. The Morgan fingerprint density at radius 2 is 1.68 bits per heavy atom. The fourth-order valence-electron chi connectivity index (χ4n) is 4.01. The Bertz CT molecular complexity index is 1190. The number of aromatic nitrogens is 3. The number of anilines is 1. The number of carbonyl (C=O) groups excluding carboxylic acids is 2. The zero-order valence-electron chi connectivity index (χ0n) is 18.5. The van der Waals surface area contributed by atoms with Gasteiger partial charge in [-0.15, -0.1) is 15.0 Å². The van der Waals surface area contributed by atoms with Crippen LogP contribution in [0.15, 0.2) is 48.5 Å². The number of rotatable bonds is 7. The second kappa shape index (κ2) is 9.49. The number of carbonyl (C=O) groups is 2. The molecule has 2 aliphatic rings. The van der Waals surface area contributed by atoms with E-state index in [4.69, 9.17) is 15.2 Å². The predicted molar refractivity (Wildman–Crippen MR) is 123 cm³/mol. The Morgan fingerprint density at radius 1 is 0.941 bits per heavy atom. The number of hydrogen-bond acceptors (Lipinski definition) is 8. The van der Waals surface area contributed by atoms with Gasteiger partial charge in [-0.1, -0.05) is 24.3 Å². The third-order valence-electron chi connectivity index (χ3n) is 5.77. The smallest absolute Gasteiger partial charge is 0.273 e. The minimum absolute atomic E-state index is 0.0581. The van der Waals surface area contributed by atoms with E-state index in [-0.39, 0.29) is 30.8 Å². The summed E-state index contributed by atoms with van der Waals surface area (Å²) in [6.45, 7) is 4.42. The maximum atomic E-state index is 12.7. The van der Waals surface area contributed by atoms with Gasteiger partial charge in [-0.25, -0.2) is 0 Å². The summed E-state index contributed by atoms with van der Waals surface area (Å²) in [4.78, 5) is 30.2. The van der Waals surface area contributed by atoms with E-state index < -0.39 is 5.91 Å². The van der Waals surface area contributed by atoms with E-state index in [1.807, 2.05) is 36.4 Å². The lowest BCUT2D eigenvalue weighted by Gasteiger charge is -2.34. The van der Waals surface area contributed by atoms with Crippen LogP contribution in [0.5, 0.6) is 11.5 Å². The van der Waals surface area contributed by atoms with E-state index in [1.165, 1.54) is 4.80 Å². The molecule has 2 aliphatic heterocycles. The van der Waals surface area contributed by atoms with E-state index in [1.54, 1.807) is 12.1 Å². The van der Waals surface area contributed by atoms with Crippen LogP contribution in [0.3, 0.4) is 0 Å². The average molecular weight is 463 g/mol. The lowest BCUT2D eigenvalue weighted by Crippen LogP contribution is -2.48. The minimum atomic E-state index is -0.755. The Hall–Kier alpha value is -3.96. The number of nitrogens with zero attached hydrogens (tertiary/aromatic N) is 5. The van der Waals surface area contributed by atoms with Crippen LogP contribution in [-0.2, 0) is 11.3 Å². The first-order valence-electron chi connectivity index (χ1n) is 11.0. The summed E-state index contributed by atoms with van der Waals surface area (Å²) in [5.41, 5.74) is 7.18. The highest BCUT2D eigenvalue weighted by atomic mass is 16.7. The van der Waals surface area contributed by atoms with Gasteiger partial charge in [-0.05, 0) is 29.8 Å². The number of benzene rings is 2. The van der Waals surface area contributed by atoms with Gasteiger partial charge in [0.15, 0.2) is 23.0 Å². The van der Waals surface area contributed by atoms with Crippen LogP contribution in [0.25, 0.3) is 5.69 Å². The standard InChI is InChI=1S/C23H25N7O4/c24-22(32)21-23(27-30(26-21)17-4-2-1-3-5-17)25-20(31)14-29-10-8-28(9-11-29)13-16-6-7-18-19(12-16)34-15-33-18/h1-7,12H,8-11,13-15H2,(H2,24,32)(H,25,27,31). The third kappa shape index (κ3) is 4.85. The van der Waals surface area contributed by atoms with Crippen LogP contribution in [0.2, 0.25) is 0 Å². The quantitative estimate of drug-likeness (QED) is 0.528. The van der Waals surface area contributed by atoms with Crippen LogP contribution >= 0.6 is 0 Å². The Balaban J connectivity index is 1.15. The first kappa shape index (κ1) is 21.9. The molecule has 3 aromatic rings. The summed E-state index contributed by atoms with van der Waals surface area (Å²) >= 11 is 0. The summed E-state index contributed by atoms with van der Waals surface area (Å²) in [7, 11) is 0. The van der Waals surface area contributed by atoms with Crippen molar-refractivity contribution in [2.75, 3.05) is 44.8 Å². The molecule has 0 spiro atoms. The molecular weight excluding hydrogens is 438 g/mol. The highest BCUT2D eigenvalue weighted by molar-refractivity contribution is 6.00. The molecule has 1 aromatic heterocycles. The minimum Gasteiger partial charge on any atom is -0.454 e. The fraction of sp³-hybridized carbons (Fsp3) is 0.304. The van der Waals surface area contributed by atoms with Crippen molar-refractivity contribution in [2.45, 2.75) is 6.54 Å². The first-order valence-corrected chi connectivity index (χ1v) is 11.0. The van der Waals surface area contributed by atoms with Crippen molar-refractivity contribution in [1.82, 2.24) is 24.8 Å². The monoisotopic (exact) mass is 463 g/mol. The number of hydrogen-bond donors (Lipinski definition) is 2. The molecule has 3 heterocycles. The Labute approximate surface area is 196 Å². The van der Waals surface area contributed by atoms with Crippen molar-refractivity contribution in [3.8, 4) is 17.2 Å². The average Bonchev–Trinajstić information content (AvgIpc) is 3.48. The molecule has 0 unspecified atom stereocenters. The van der Waals surface area contributed by atoms with E-state index >= 15 is 0 Å². The molecule has 5 rings (SSSR count). The van der Waals surface area contributed by atoms with Crippen molar-refractivity contribution in [3.05, 3.63) is 59.8 Å². The summed E-state index contributed by atoms with van der Waals surface area (Å²) in [5.74, 6) is 0.597. The number of primary amides is 1. The normalized spacial score (nSPS) is 15.9. The van der Waals surface area contributed by atoms with Crippen LogP contribution in [0, 0.1) is 0 Å². The van der Waals surface area contributed by atoms with Crippen molar-refractivity contribution in [2.24, 2.45) is 5.73 Å². The lowest BCUT2D eigenvalue weighted by atomic mass is 10.1. The molecule has 2 aromatic carbocycles. The zero-order chi connectivity index (χ0) is 23.5. The van der Waals surface area contributed by atoms with Gasteiger partial charge < -0.3 is 20.5 Å². The van der Waals surface area contributed by atoms with Gasteiger partial charge >= 0.3 is 0 Å². The molecule has 0 aliphatic carbocycles. The highest BCUT2D eigenvalue weighted by Crippen LogP contribution is 2.32. The molecule has 2 amide bonds. The Morgan fingerprint density at radius 3 is 2.44 bits per heavy atom. The maximum Gasteiger partial charge on any atom is 0.273 e. The summed E-state index contributed by atoms with van der Waals surface area (Å²) in [6.07, 6.45) is 0. The maximum absolute atomic E-state index is 12.7. The second-order valence-electron chi connectivity index (χ2n) is 8.17. The van der Waals surface area contributed by atoms with Crippen LogP contribution < -0.4 is 20.5 Å². The molecule has 0 atom stereocenters. The molecule has 0 bridgehead atoms. The molecule has 34 heavy (non-hydrogen) atoms. The van der Waals surface area contributed by atoms with Crippen molar-refractivity contribution < 1.29 is 19.1 Å². The zero-order valence-corrected chi connectivity index (χ0v) is 18.5. The molecule has 1 saturated heterocycles. The van der Waals surface area contributed by atoms with Crippen molar-refractivity contribution in [1.29, 1.82) is 0 Å². The molecular formula is C23H25N7O4. The third-order valence-corrected chi connectivity index (χ3v) is 5.77. The molecule has 11 heteroatoms. The van der Waals surface area contributed by atoms with Crippen LogP contribution in [0.4, 0.5) is 5.82 Å². The van der Waals surface area contributed by atoms with Gasteiger partial charge in [0.1, 0.15) is 0 Å². The van der Waals surface area contributed by atoms with E-state index in [0.717, 1.165) is 49.8 Å². The molecule has 0 radical (unpaired) electrons. The van der Waals surface area contributed by atoms with Gasteiger partial charge in [0.2, 0.25) is 12.7 Å². The van der Waals surface area contributed by atoms with E-state index in [2.05, 4.69) is 25.3 Å². The molecule has 1 fully saturated rings. The molecule has 3 N–H and O–H groups in total. The van der Waals surface area contributed by atoms with Gasteiger partial charge in [0.05, 0.1) is 12.2 Å². The van der Waals surface area contributed by atoms with Crippen molar-refractivity contribution in [3.63, 3.8) is 0 Å². The number of nitrogens with one attached hydrogen (secondary N) is 1. The summed E-state index contributed by atoms with van der Waals surface area (Å²) in [5, 5.41) is 11.1. The van der Waals surface area contributed by atoms with Gasteiger partial charge in [-0.2, -0.15) is 0 Å². The molecule has 0 saturated carbocycles. The topological polar surface area (TPSA) is 128 Å². The molecule has 11 nitrogen and oxygen atoms in total. The SMILES string of the molecule is NC(=O)c1nn(-c2ccccc2)nc1NC(=O)CN1CCN(Cc2ccc3c(c2)OCO3)CC1. The number of amides is 2. The number of para-hydroxylation sites is 1. The van der Waals surface area contributed by atoms with Crippen LogP contribution in [0.1, 0.15) is 16.1 Å². The Kier molecular flexibility index (Phi) is 6.11. The number of piperazine rings is 1. The molecule has 176 valence electrons. The largest absolute Gasteiger partial charge is 0.454 e. The first-order chi connectivity index (χ1) is 16.5. The van der Waals surface area contributed by atoms with Gasteiger partial charge in [-0.3, -0.25) is 19.4 Å². The summed E-state index contributed by atoms with van der Waals surface area (Å²) in [6, 6.07) is 15.1. The predicted octanol–water partition coefficient (Wildman–Crippen LogP) is 0.851. The van der Waals surface area contributed by atoms with Gasteiger partial charge in [0.25, 0.3) is 5.91 Å². The number of fused-ring (bicyclic) bond motifs is 1. The van der Waals surface area contributed by atoms with E-state index in [9.17, 15) is 9.59 Å². The van der Waals surface area contributed by atoms with Crippen molar-refractivity contribution >= 4 is 17.6 Å². The highest BCUT2D eigenvalue weighted by Gasteiger charge is 2.23. The second-order valence-corrected chi connectivity index (χ2v) is 8.17. The summed E-state index contributed by atoms with van der Waals surface area (Å²) < 4.78 is 10.8. The number of nitrogens with two attached hydrogens (primary N) is 1.